The molecule has 0 heterocycles. The maximum atomic E-state index is 12.2. The van der Waals surface area contributed by atoms with Crippen molar-refractivity contribution in [3.8, 4) is 6.07 Å². The van der Waals surface area contributed by atoms with Crippen molar-refractivity contribution in [2.24, 2.45) is 0 Å². The molecular formula is C13H18N2O2S2. The summed E-state index contributed by atoms with van der Waals surface area (Å²) in [5, 5.41) is 8.78. The SMILES string of the molecule is CCSCC(C)NS(=O)(=O)c1ccc(C#N)cc1C. The molecule has 104 valence electrons. The number of rotatable bonds is 6. The van der Waals surface area contributed by atoms with Crippen LogP contribution in [0.25, 0.3) is 0 Å². The molecule has 1 N–H and O–H groups in total. The van der Waals surface area contributed by atoms with Crippen molar-refractivity contribution in [2.45, 2.75) is 31.7 Å². The van der Waals surface area contributed by atoms with E-state index < -0.39 is 10.0 Å². The lowest BCUT2D eigenvalue weighted by Crippen LogP contribution is -2.34. The molecule has 6 heteroatoms. The predicted molar refractivity (Wildman–Crippen MR) is 78.7 cm³/mol. The van der Waals surface area contributed by atoms with Gasteiger partial charge in [0.05, 0.1) is 16.5 Å². The van der Waals surface area contributed by atoms with Crippen molar-refractivity contribution in [1.29, 1.82) is 5.26 Å². The number of sulfonamides is 1. The quantitative estimate of drug-likeness (QED) is 0.874. The molecule has 0 aliphatic heterocycles. The summed E-state index contributed by atoms with van der Waals surface area (Å²) in [5.41, 5.74) is 1.05. The van der Waals surface area contributed by atoms with Gasteiger partial charge in [-0.05, 0) is 43.4 Å². The Morgan fingerprint density at radius 1 is 1.47 bits per heavy atom. The van der Waals surface area contributed by atoms with Gasteiger partial charge in [-0.25, -0.2) is 13.1 Å². The van der Waals surface area contributed by atoms with E-state index in [0.717, 1.165) is 11.5 Å². The van der Waals surface area contributed by atoms with E-state index in [0.29, 0.717) is 11.1 Å². The third kappa shape index (κ3) is 4.53. The van der Waals surface area contributed by atoms with Crippen molar-refractivity contribution in [1.82, 2.24) is 4.72 Å². The molecule has 0 fully saturated rings. The minimum atomic E-state index is -3.52. The van der Waals surface area contributed by atoms with Crippen LogP contribution in [-0.2, 0) is 10.0 Å². The minimum absolute atomic E-state index is 0.120. The molecule has 1 aromatic carbocycles. The molecule has 0 amide bonds. The van der Waals surface area contributed by atoms with Gasteiger partial charge in [0.15, 0.2) is 0 Å². The zero-order valence-corrected chi connectivity index (χ0v) is 12.9. The Kier molecular flexibility index (Phi) is 5.85. The van der Waals surface area contributed by atoms with E-state index in [2.05, 4.69) is 4.72 Å². The number of thioether (sulfide) groups is 1. The fourth-order valence-corrected chi connectivity index (χ4v) is 3.93. The summed E-state index contributed by atoms with van der Waals surface area (Å²) < 4.78 is 27.1. The summed E-state index contributed by atoms with van der Waals surface area (Å²) in [6.07, 6.45) is 0. The van der Waals surface area contributed by atoms with Gasteiger partial charge in [-0.3, -0.25) is 0 Å². The molecule has 4 nitrogen and oxygen atoms in total. The number of hydrogen-bond acceptors (Lipinski definition) is 4. The lowest BCUT2D eigenvalue weighted by Gasteiger charge is -2.15. The Morgan fingerprint density at radius 2 is 2.16 bits per heavy atom. The molecule has 0 aliphatic carbocycles. The van der Waals surface area contributed by atoms with E-state index >= 15 is 0 Å². The lowest BCUT2D eigenvalue weighted by atomic mass is 10.2. The third-order valence-electron chi connectivity index (χ3n) is 2.52. The molecule has 0 aliphatic rings. The van der Waals surface area contributed by atoms with Crippen LogP contribution in [0, 0.1) is 18.3 Å². The minimum Gasteiger partial charge on any atom is -0.208 e. The fourth-order valence-electron chi connectivity index (χ4n) is 1.68. The molecule has 0 bridgehead atoms. The molecule has 0 radical (unpaired) electrons. The van der Waals surface area contributed by atoms with E-state index in [-0.39, 0.29) is 10.9 Å². The average Bonchev–Trinajstić information content (AvgIpc) is 2.35. The molecular weight excluding hydrogens is 280 g/mol. The van der Waals surface area contributed by atoms with Crippen molar-refractivity contribution in [3.63, 3.8) is 0 Å². The highest BCUT2D eigenvalue weighted by Crippen LogP contribution is 2.17. The van der Waals surface area contributed by atoms with Gasteiger partial charge in [-0.2, -0.15) is 17.0 Å². The number of nitrogens with zero attached hydrogens (tertiary/aromatic N) is 1. The Morgan fingerprint density at radius 3 is 2.68 bits per heavy atom. The number of hydrogen-bond donors (Lipinski definition) is 1. The predicted octanol–water partition coefficient (Wildman–Crippen LogP) is 2.29. The molecule has 0 spiro atoms. The topological polar surface area (TPSA) is 70.0 Å². The van der Waals surface area contributed by atoms with Gasteiger partial charge in [0.25, 0.3) is 0 Å². The van der Waals surface area contributed by atoms with Crippen LogP contribution in [0.15, 0.2) is 23.1 Å². The number of benzene rings is 1. The van der Waals surface area contributed by atoms with Gasteiger partial charge in [0.1, 0.15) is 0 Å². The molecule has 1 rings (SSSR count). The highest BCUT2D eigenvalue weighted by molar-refractivity contribution is 7.99. The van der Waals surface area contributed by atoms with Crippen molar-refractivity contribution in [3.05, 3.63) is 29.3 Å². The van der Waals surface area contributed by atoms with E-state index in [9.17, 15) is 8.42 Å². The normalized spacial score (nSPS) is 12.9. The van der Waals surface area contributed by atoms with Crippen molar-refractivity contribution in [2.75, 3.05) is 11.5 Å². The number of nitrogens with one attached hydrogen (secondary N) is 1. The first kappa shape index (κ1) is 16.0. The first-order valence-electron chi connectivity index (χ1n) is 6.01. The van der Waals surface area contributed by atoms with Crippen LogP contribution in [0.3, 0.4) is 0 Å². The maximum absolute atomic E-state index is 12.2. The van der Waals surface area contributed by atoms with Crippen molar-refractivity contribution >= 4 is 21.8 Å². The first-order chi connectivity index (χ1) is 8.90. The van der Waals surface area contributed by atoms with Crippen LogP contribution >= 0.6 is 11.8 Å². The average molecular weight is 298 g/mol. The van der Waals surface area contributed by atoms with Gasteiger partial charge in [-0.1, -0.05) is 6.92 Å². The zero-order chi connectivity index (χ0) is 14.5. The fraction of sp³-hybridized carbons (Fsp3) is 0.462. The van der Waals surface area contributed by atoms with Gasteiger partial charge in [-0.15, -0.1) is 0 Å². The van der Waals surface area contributed by atoms with Gasteiger partial charge >= 0.3 is 0 Å². The third-order valence-corrected chi connectivity index (χ3v) is 5.42. The summed E-state index contributed by atoms with van der Waals surface area (Å²) in [7, 11) is -3.52. The monoisotopic (exact) mass is 298 g/mol. The van der Waals surface area contributed by atoms with Crippen molar-refractivity contribution < 1.29 is 8.42 Å². The largest absolute Gasteiger partial charge is 0.241 e. The molecule has 1 atom stereocenters. The van der Waals surface area contributed by atoms with Crippen LogP contribution < -0.4 is 4.72 Å². The summed E-state index contributed by atoms with van der Waals surface area (Å²) >= 11 is 1.69. The van der Waals surface area contributed by atoms with Gasteiger partial charge < -0.3 is 0 Å². The first-order valence-corrected chi connectivity index (χ1v) is 8.65. The Hall–Kier alpha value is -1.03. The summed E-state index contributed by atoms with van der Waals surface area (Å²) in [5.74, 6) is 1.70. The second-order valence-corrected chi connectivity index (χ2v) is 7.28. The molecule has 1 unspecified atom stereocenters. The Labute approximate surface area is 119 Å². The second kappa shape index (κ2) is 6.94. The maximum Gasteiger partial charge on any atom is 0.241 e. The van der Waals surface area contributed by atoms with Crippen LogP contribution in [-0.4, -0.2) is 26.0 Å². The van der Waals surface area contributed by atoms with Gasteiger partial charge in [0.2, 0.25) is 10.0 Å². The summed E-state index contributed by atoms with van der Waals surface area (Å²) in [6, 6.07) is 6.46. The van der Waals surface area contributed by atoms with E-state index in [4.69, 9.17) is 5.26 Å². The molecule has 19 heavy (non-hydrogen) atoms. The summed E-state index contributed by atoms with van der Waals surface area (Å²) in [6.45, 7) is 5.58. The van der Waals surface area contributed by atoms with E-state index in [1.807, 2.05) is 19.9 Å². The van der Waals surface area contributed by atoms with Crippen LogP contribution in [0.4, 0.5) is 0 Å². The van der Waals surface area contributed by atoms with Crippen LogP contribution in [0.2, 0.25) is 0 Å². The highest BCUT2D eigenvalue weighted by Gasteiger charge is 2.19. The zero-order valence-electron chi connectivity index (χ0n) is 11.3. The van der Waals surface area contributed by atoms with E-state index in [1.165, 1.54) is 12.1 Å². The Balaban J connectivity index is 2.92. The summed E-state index contributed by atoms with van der Waals surface area (Å²) in [4.78, 5) is 0.236. The van der Waals surface area contributed by atoms with Gasteiger partial charge in [0, 0.05) is 11.8 Å². The Bertz CT molecular complexity index is 577. The standard InChI is InChI=1S/C13H18N2O2S2/c1-4-18-9-11(3)15-19(16,17)13-6-5-12(8-14)7-10(13)2/h5-7,11,15H,4,9H2,1-3H3. The molecule has 0 saturated carbocycles. The molecule has 0 aromatic heterocycles. The van der Waals surface area contributed by atoms with Crippen LogP contribution in [0.5, 0.6) is 0 Å². The number of aryl methyl sites for hydroxylation is 1. The number of nitriles is 1. The molecule has 1 aromatic rings. The lowest BCUT2D eigenvalue weighted by molar-refractivity contribution is 0.570. The molecule has 0 saturated heterocycles. The van der Waals surface area contributed by atoms with Crippen LogP contribution in [0.1, 0.15) is 25.0 Å². The second-order valence-electron chi connectivity index (χ2n) is 4.27. The van der Waals surface area contributed by atoms with E-state index in [1.54, 1.807) is 24.8 Å². The smallest absolute Gasteiger partial charge is 0.208 e. The highest BCUT2D eigenvalue weighted by atomic mass is 32.2.